The van der Waals surface area contributed by atoms with Crippen molar-refractivity contribution in [1.29, 1.82) is 0 Å². The lowest BCUT2D eigenvalue weighted by molar-refractivity contribution is 0.624. The van der Waals surface area contributed by atoms with Gasteiger partial charge in [0.25, 0.3) is 0 Å². The van der Waals surface area contributed by atoms with Gasteiger partial charge in [-0.25, -0.2) is 14.4 Å². The van der Waals surface area contributed by atoms with Gasteiger partial charge in [0.1, 0.15) is 11.6 Å². The zero-order valence-corrected chi connectivity index (χ0v) is 11.6. The first kappa shape index (κ1) is 14.0. The molecule has 0 atom stereocenters. The minimum absolute atomic E-state index is 0.216. The summed E-state index contributed by atoms with van der Waals surface area (Å²) in [7, 11) is 0. The van der Waals surface area contributed by atoms with Crippen molar-refractivity contribution in [2.24, 2.45) is 0 Å². The fourth-order valence-electron chi connectivity index (χ4n) is 1.57. The van der Waals surface area contributed by atoms with Gasteiger partial charge in [0.05, 0.1) is 11.4 Å². The average molecular weight is 277 g/mol. The summed E-state index contributed by atoms with van der Waals surface area (Å²) < 4.78 is 13.0. The van der Waals surface area contributed by atoms with Gasteiger partial charge in [-0.3, -0.25) is 0 Å². The van der Waals surface area contributed by atoms with Crippen LogP contribution >= 0.6 is 11.8 Å². The number of hydrogen-bond acceptors (Lipinski definition) is 4. The SMILES string of the molecule is CCNCc1ccnc(CSc2cccc(F)c2)n1. The molecule has 5 heteroatoms. The van der Waals surface area contributed by atoms with Crippen LogP contribution in [0, 0.1) is 5.82 Å². The monoisotopic (exact) mass is 277 g/mol. The molecule has 1 heterocycles. The highest BCUT2D eigenvalue weighted by molar-refractivity contribution is 7.98. The first-order chi connectivity index (χ1) is 9.28. The van der Waals surface area contributed by atoms with E-state index in [1.54, 1.807) is 12.3 Å². The van der Waals surface area contributed by atoms with Crippen molar-refractivity contribution in [3.05, 3.63) is 53.9 Å². The van der Waals surface area contributed by atoms with Crippen LogP contribution in [0.2, 0.25) is 0 Å². The van der Waals surface area contributed by atoms with Crippen LogP contribution in [0.15, 0.2) is 41.4 Å². The van der Waals surface area contributed by atoms with Crippen LogP contribution in [0.4, 0.5) is 4.39 Å². The zero-order valence-electron chi connectivity index (χ0n) is 10.8. The molecule has 1 aromatic heterocycles. The van der Waals surface area contributed by atoms with Crippen molar-refractivity contribution in [2.45, 2.75) is 24.1 Å². The Morgan fingerprint density at radius 2 is 2.21 bits per heavy atom. The second-order valence-corrected chi connectivity index (χ2v) is 5.04. The highest BCUT2D eigenvalue weighted by Gasteiger charge is 2.02. The Bertz CT molecular complexity index is 534. The van der Waals surface area contributed by atoms with E-state index in [1.807, 2.05) is 12.1 Å². The van der Waals surface area contributed by atoms with Crippen LogP contribution in [0.3, 0.4) is 0 Å². The molecule has 1 N–H and O–H groups in total. The Balaban J connectivity index is 1.95. The molecule has 0 amide bonds. The number of benzene rings is 1. The van der Waals surface area contributed by atoms with Crippen LogP contribution in [0.5, 0.6) is 0 Å². The summed E-state index contributed by atoms with van der Waals surface area (Å²) in [5, 5.41) is 3.23. The van der Waals surface area contributed by atoms with E-state index >= 15 is 0 Å². The molecule has 0 spiro atoms. The molecule has 0 aliphatic heterocycles. The molecule has 100 valence electrons. The number of nitrogens with zero attached hydrogens (tertiary/aromatic N) is 2. The first-order valence-corrected chi connectivity index (χ1v) is 7.16. The van der Waals surface area contributed by atoms with Crippen molar-refractivity contribution < 1.29 is 4.39 Å². The van der Waals surface area contributed by atoms with Crippen LogP contribution in [-0.2, 0) is 12.3 Å². The van der Waals surface area contributed by atoms with Crippen molar-refractivity contribution in [1.82, 2.24) is 15.3 Å². The lowest BCUT2D eigenvalue weighted by Gasteiger charge is -2.04. The predicted molar refractivity (Wildman–Crippen MR) is 75.4 cm³/mol. The molecule has 0 radical (unpaired) electrons. The van der Waals surface area contributed by atoms with E-state index in [2.05, 4.69) is 22.2 Å². The predicted octanol–water partition coefficient (Wildman–Crippen LogP) is 3.02. The maximum atomic E-state index is 13.0. The van der Waals surface area contributed by atoms with Crippen LogP contribution in [-0.4, -0.2) is 16.5 Å². The number of halogens is 1. The summed E-state index contributed by atoms with van der Waals surface area (Å²) in [6.07, 6.45) is 1.77. The van der Waals surface area contributed by atoms with Crippen molar-refractivity contribution in [3.8, 4) is 0 Å². The number of aromatic nitrogens is 2. The van der Waals surface area contributed by atoms with Gasteiger partial charge in [-0.2, -0.15) is 0 Å². The second-order valence-electron chi connectivity index (χ2n) is 3.99. The largest absolute Gasteiger partial charge is 0.311 e. The van der Waals surface area contributed by atoms with E-state index < -0.39 is 0 Å². The molecule has 0 aliphatic rings. The molecule has 19 heavy (non-hydrogen) atoms. The van der Waals surface area contributed by atoms with Crippen molar-refractivity contribution in [3.63, 3.8) is 0 Å². The Labute approximate surface area is 116 Å². The molecule has 0 fully saturated rings. The molecule has 0 aliphatic carbocycles. The van der Waals surface area contributed by atoms with Crippen LogP contribution < -0.4 is 5.32 Å². The van der Waals surface area contributed by atoms with Gasteiger partial charge in [-0.15, -0.1) is 11.8 Å². The molecule has 0 saturated heterocycles. The molecule has 0 bridgehead atoms. The van der Waals surface area contributed by atoms with Crippen LogP contribution in [0.25, 0.3) is 0 Å². The van der Waals surface area contributed by atoms with Crippen molar-refractivity contribution in [2.75, 3.05) is 6.54 Å². The summed E-state index contributed by atoms with van der Waals surface area (Å²) in [6, 6.07) is 8.46. The molecule has 2 aromatic rings. The number of hydrogen-bond donors (Lipinski definition) is 1. The number of nitrogens with one attached hydrogen (secondary N) is 1. The van der Waals surface area contributed by atoms with Crippen LogP contribution in [0.1, 0.15) is 18.4 Å². The van der Waals surface area contributed by atoms with E-state index in [9.17, 15) is 4.39 Å². The summed E-state index contributed by atoms with van der Waals surface area (Å²) >= 11 is 1.53. The van der Waals surface area contributed by atoms with Gasteiger partial charge >= 0.3 is 0 Å². The minimum atomic E-state index is -0.216. The van der Waals surface area contributed by atoms with E-state index in [0.29, 0.717) is 5.75 Å². The lowest BCUT2D eigenvalue weighted by Crippen LogP contribution is -2.13. The van der Waals surface area contributed by atoms with E-state index in [0.717, 1.165) is 29.5 Å². The van der Waals surface area contributed by atoms with E-state index in [1.165, 1.54) is 23.9 Å². The smallest absolute Gasteiger partial charge is 0.138 e. The number of rotatable bonds is 6. The molecular weight excluding hydrogens is 261 g/mol. The standard InChI is InChI=1S/C14H16FN3S/c1-2-16-9-12-6-7-17-14(18-12)10-19-13-5-3-4-11(15)8-13/h3-8,16H,2,9-10H2,1H3. The summed E-state index contributed by atoms with van der Waals surface area (Å²) in [6.45, 7) is 3.72. The van der Waals surface area contributed by atoms with Gasteiger partial charge in [-0.1, -0.05) is 13.0 Å². The van der Waals surface area contributed by atoms with Gasteiger partial charge < -0.3 is 5.32 Å². The Hall–Kier alpha value is -1.46. The van der Waals surface area contributed by atoms with Gasteiger partial charge in [0.15, 0.2) is 0 Å². The van der Waals surface area contributed by atoms with E-state index in [4.69, 9.17) is 0 Å². The fraction of sp³-hybridized carbons (Fsp3) is 0.286. The number of thioether (sulfide) groups is 1. The highest BCUT2D eigenvalue weighted by Crippen LogP contribution is 2.21. The highest BCUT2D eigenvalue weighted by atomic mass is 32.2. The molecule has 2 rings (SSSR count). The summed E-state index contributed by atoms with van der Waals surface area (Å²) in [5.41, 5.74) is 0.978. The quantitative estimate of drug-likeness (QED) is 0.824. The Morgan fingerprint density at radius 1 is 1.32 bits per heavy atom. The molecule has 3 nitrogen and oxygen atoms in total. The minimum Gasteiger partial charge on any atom is -0.311 e. The van der Waals surface area contributed by atoms with Gasteiger partial charge in [-0.05, 0) is 30.8 Å². The third-order valence-electron chi connectivity index (χ3n) is 2.48. The molecule has 0 unspecified atom stereocenters. The molecular formula is C14H16FN3S. The third kappa shape index (κ3) is 4.61. The van der Waals surface area contributed by atoms with Gasteiger partial charge in [0, 0.05) is 17.6 Å². The summed E-state index contributed by atoms with van der Waals surface area (Å²) in [5.74, 6) is 1.19. The summed E-state index contributed by atoms with van der Waals surface area (Å²) in [4.78, 5) is 9.58. The molecule has 1 aromatic carbocycles. The average Bonchev–Trinajstić information content (AvgIpc) is 2.43. The first-order valence-electron chi connectivity index (χ1n) is 6.18. The second kappa shape index (κ2) is 7.21. The maximum Gasteiger partial charge on any atom is 0.138 e. The Kier molecular flexibility index (Phi) is 5.30. The lowest BCUT2D eigenvalue weighted by atomic mass is 10.4. The Morgan fingerprint density at radius 3 is 3.00 bits per heavy atom. The van der Waals surface area contributed by atoms with Crippen molar-refractivity contribution >= 4 is 11.8 Å². The fourth-order valence-corrected chi connectivity index (χ4v) is 2.37. The van der Waals surface area contributed by atoms with Gasteiger partial charge in [0.2, 0.25) is 0 Å². The maximum absolute atomic E-state index is 13.0. The zero-order chi connectivity index (χ0) is 13.5. The molecule has 0 saturated carbocycles. The normalized spacial score (nSPS) is 10.6. The topological polar surface area (TPSA) is 37.8 Å². The van der Waals surface area contributed by atoms with E-state index in [-0.39, 0.29) is 5.82 Å². The third-order valence-corrected chi connectivity index (χ3v) is 3.47.